The zero-order valence-electron chi connectivity index (χ0n) is 20.6. The van der Waals surface area contributed by atoms with Crippen molar-refractivity contribution in [3.8, 4) is 0 Å². The number of sulfone groups is 1. The Kier molecular flexibility index (Phi) is 7.30. The first-order chi connectivity index (χ1) is 18.2. The number of nitrogens with zero attached hydrogens (tertiary/aromatic N) is 1. The summed E-state index contributed by atoms with van der Waals surface area (Å²) in [5.41, 5.74) is -1.69. The van der Waals surface area contributed by atoms with Crippen LogP contribution in [0, 0.1) is 23.5 Å². The molecular weight excluding hydrogens is 578 g/mol. The summed E-state index contributed by atoms with van der Waals surface area (Å²) >= 11 is 6.23. The number of halogens is 3. The Bertz CT molecular complexity index is 1520. The van der Waals surface area contributed by atoms with Crippen LogP contribution in [0.4, 0.5) is 14.5 Å². The molecule has 212 valence electrons. The predicted octanol–water partition coefficient (Wildman–Crippen LogP) is 2.57. The van der Waals surface area contributed by atoms with Gasteiger partial charge in [0.2, 0.25) is 10.0 Å². The maximum Gasteiger partial charge on any atom is 0.255 e. The van der Waals surface area contributed by atoms with Crippen LogP contribution in [-0.4, -0.2) is 73.1 Å². The van der Waals surface area contributed by atoms with Crippen molar-refractivity contribution in [3.63, 3.8) is 0 Å². The molecule has 0 spiro atoms. The first-order valence-electron chi connectivity index (χ1n) is 12.4. The Morgan fingerprint density at radius 3 is 2.44 bits per heavy atom. The normalized spacial score (nSPS) is 29.0. The van der Waals surface area contributed by atoms with Gasteiger partial charge in [-0.05, 0) is 67.9 Å². The number of aliphatic hydroxyl groups excluding tert-OH is 1. The predicted molar refractivity (Wildman–Crippen MR) is 139 cm³/mol. The monoisotopic (exact) mass is 604 g/mol. The highest BCUT2D eigenvalue weighted by atomic mass is 35.5. The minimum absolute atomic E-state index is 0.00996. The van der Waals surface area contributed by atoms with Gasteiger partial charge in [0.15, 0.2) is 21.5 Å². The molecule has 3 aliphatic carbocycles. The quantitative estimate of drug-likeness (QED) is 0.441. The molecular formula is C25H27ClF2N2O7S2. The molecule has 0 aromatic heterocycles. The third-order valence-electron chi connectivity index (χ3n) is 8.20. The number of benzene rings is 2. The van der Waals surface area contributed by atoms with Crippen LogP contribution < -0.4 is 5.32 Å². The van der Waals surface area contributed by atoms with Crippen LogP contribution in [0.1, 0.15) is 36.0 Å². The van der Waals surface area contributed by atoms with Crippen molar-refractivity contribution >= 4 is 43.1 Å². The van der Waals surface area contributed by atoms with Crippen molar-refractivity contribution in [2.75, 3.05) is 24.2 Å². The van der Waals surface area contributed by atoms with Gasteiger partial charge in [0.05, 0.1) is 32.6 Å². The standard InChI is InChI=1S/C25H27ClF2N2O7S2/c26-19-4-2-14(24(32)29-17-3-5-20(27)21(28)12-17)8-22(19)39(36,37)18-10-15-9-16(11-18)25(15,33)23(31)13-30-6-1-7-38(30,34)35/h2-5,8,12,15-16,18,23,31,33H,1,6-7,9-11,13H2,(H,29,32)/t15?,16?,18-,23?,25+. The molecule has 2 aromatic rings. The van der Waals surface area contributed by atoms with Crippen LogP contribution in [-0.2, 0) is 19.9 Å². The number of nitrogens with one attached hydrogen (secondary N) is 1. The number of aliphatic hydroxyl groups is 2. The van der Waals surface area contributed by atoms with Crippen LogP contribution in [0.15, 0.2) is 41.3 Å². The third-order valence-corrected chi connectivity index (χ3v) is 12.8. The lowest BCUT2D eigenvalue weighted by atomic mass is 9.52. The summed E-state index contributed by atoms with van der Waals surface area (Å²) in [5, 5.41) is 23.5. The van der Waals surface area contributed by atoms with Crippen LogP contribution in [0.5, 0.6) is 0 Å². The van der Waals surface area contributed by atoms with Gasteiger partial charge >= 0.3 is 0 Å². The molecule has 2 aromatic carbocycles. The lowest BCUT2D eigenvalue weighted by Gasteiger charge is -2.60. The number of sulfonamides is 1. The molecule has 1 aliphatic heterocycles. The Morgan fingerprint density at radius 1 is 1.13 bits per heavy atom. The van der Waals surface area contributed by atoms with Gasteiger partial charge in [0, 0.05) is 30.4 Å². The fourth-order valence-corrected chi connectivity index (χ4v) is 9.98. The van der Waals surface area contributed by atoms with Crippen molar-refractivity contribution in [1.82, 2.24) is 4.31 Å². The van der Waals surface area contributed by atoms with Crippen LogP contribution in [0.25, 0.3) is 0 Å². The summed E-state index contributed by atoms with van der Waals surface area (Å²) in [5.74, 6) is -4.13. The fourth-order valence-electron chi connectivity index (χ4n) is 6.05. The molecule has 3 saturated carbocycles. The average molecular weight is 605 g/mol. The SMILES string of the molecule is O=C(Nc1ccc(F)c(F)c1)c1ccc(Cl)c(S(=O)(=O)[C@H]2CC3CC(C2)[C@@]3(O)C(O)CN2CCCS2(=O)=O)c1. The van der Waals surface area contributed by atoms with Gasteiger partial charge in [-0.2, -0.15) is 4.31 Å². The van der Waals surface area contributed by atoms with E-state index < -0.39 is 66.2 Å². The third kappa shape index (κ3) is 4.97. The van der Waals surface area contributed by atoms with Gasteiger partial charge in [0.25, 0.3) is 5.91 Å². The molecule has 3 N–H and O–H groups in total. The van der Waals surface area contributed by atoms with Crippen LogP contribution in [0.3, 0.4) is 0 Å². The van der Waals surface area contributed by atoms with E-state index in [1.165, 1.54) is 12.1 Å². The van der Waals surface area contributed by atoms with Crippen molar-refractivity contribution in [2.45, 2.75) is 47.5 Å². The number of anilines is 1. The average Bonchev–Trinajstić information content (AvgIpc) is 3.22. The van der Waals surface area contributed by atoms with Gasteiger partial charge in [-0.1, -0.05) is 11.6 Å². The summed E-state index contributed by atoms with van der Waals surface area (Å²) in [6.07, 6.45) is -0.359. The molecule has 14 heteroatoms. The number of fused-ring (bicyclic) bond motifs is 2. The maximum absolute atomic E-state index is 13.6. The highest BCUT2D eigenvalue weighted by Gasteiger charge is 2.63. The Balaban J connectivity index is 1.31. The van der Waals surface area contributed by atoms with E-state index >= 15 is 0 Å². The van der Waals surface area contributed by atoms with E-state index in [0.29, 0.717) is 12.8 Å². The van der Waals surface area contributed by atoms with Crippen LogP contribution >= 0.6 is 11.6 Å². The second kappa shape index (κ2) is 10.0. The number of hydrogen-bond donors (Lipinski definition) is 3. The molecule has 3 atom stereocenters. The summed E-state index contributed by atoms with van der Waals surface area (Å²) in [7, 11) is -7.55. The summed E-state index contributed by atoms with van der Waals surface area (Å²) in [6, 6.07) is 6.48. The fraction of sp³-hybridized carbons (Fsp3) is 0.480. The van der Waals surface area contributed by atoms with E-state index in [4.69, 9.17) is 11.6 Å². The van der Waals surface area contributed by atoms with E-state index in [9.17, 15) is 40.6 Å². The van der Waals surface area contributed by atoms with E-state index in [0.717, 1.165) is 28.6 Å². The molecule has 0 radical (unpaired) electrons. The first kappa shape index (κ1) is 28.4. The molecule has 4 fully saturated rings. The molecule has 3 unspecified atom stereocenters. The van der Waals surface area contributed by atoms with Gasteiger partial charge < -0.3 is 15.5 Å². The first-order valence-corrected chi connectivity index (χ1v) is 15.9. The molecule has 4 aliphatic rings. The molecule has 6 rings (SSSR count). The molecule has 39 heavy (non-hydrogen) atoms. The smallest absolute Gasteiger partial charge is 0.255 e. The number of amides is 1. The second-order valence-corrected chi connectivity index (χ2v) is 15.1. The molecule has 1 heterocycles. The second-order valence-electron chi connectivity index (χ2n) is 10.4. The zero-order chi connectivity index (χ0) is 28.3. The number of carbonyl (C=O) groups excluding carboxylic acids is 1. The number of rotatable bonds is 7. The van der Waals surface area contributed by atoms with E-state index in [2.05, 4.69) is 5.32 Å². The highest BCUT2D eigenvalue weighted by Crippen LogP contribution is 2.57. The topological polar surface area (TPSA) is 141 Å². The lowest BCUT2D eigenvalue weighted by molar-refractivity contribution is -0.232. The Hall–Kier alpha value is -2.16. The van der Waals surface area contributed by atoms with Crippen molar-refractivity contribution in [3.05, 3.63) is 58.6 Å². The Labute approximate surface area is 229 Å². The number of hydrogen-bond acceptors (Lipinski definition) is 7. The number of β-amino-alcohol motifs (C(OH)–C–C–N with tert-alkyl or cyclic N) is 1. The molecule has 2 bridgehead atoms. The van der Waals surface area contributed by atoms with Gasteiger partial charge in [-0.15, -0.1) is 0 Å². The Morgan fingerprint density at radius 2 is 1.82 bits per heavy atom. The summed E-state index contributed by atoms with van der Waals surface area (Å²) < 4.78 is 79.3. The summed E-state index contributed by atoms with van der Waals surface area (Å²) in [6.45, 7) is 0.0184. The van der Waals surface area contributed by atoms with E-state index in [1.54, 1.807) is 0 Å². The molecule has 9 nitrogen and oxygen atoms in total. The number of carbonyl (C=O) groups is 1. The van der Waals surface area contributed by atoms with Crippen LogP contribution in [0.2, 0.25) is 5.02 Å². The van der Waals surface area contributed by atoms with E-state index in [1.807, 2.05) is 0 Å². The highest BCUT2D eigenvalue weighted by molar-refractivity contribution is 7.92. The largest absolute Gasteiger partial charge is 0.389 e. The van der Waals surface area contributed by atoms with E-state index in [-0.39, 0.29) is 52.9 Å². The molecule has 1 saturated heterocycles. The summed E-state index contributed by atoms with van der Waals surface area (Å²) in [4.78, 5) is 12.4. The van der Waals surface area contributed by atoms with Gasteiger partial charge in [0.1, 0.15) is 0 Å². The van der Waals surface area contributed by atoms with Crippen molar-refractivity contribution in [2.24, 2.45) is 11.8 Å². The zero-order valence-corrected chi connectivity index (χ0v) is 22.9. The van der Waals surface area contributed by atoms with Gasteiger partial charge in [-0.3, -0.25) is 4.79 Å². The van der Waals surface area contributed by atoms with Gasteiger partial charge in [-0.25, -0.2) is 25.6 Å². The minimum atomic E-state index is -4.07. The maximum atomic E-state index is 13.6. The minimum Gasteiger partial charge on any atom is -0.389 e. The van der Waals surface area contributed by atoms with Crippen molar-refractivity contribution < 1.29 is 40.6 Å². The van der Waals surface area contributed by atoms with Crippen molar-refractivity contribution in [1.29, 1.82) is 0 Å². The lowest BCUT2D eigenvalue weighted by Crippen LogP contribution is -2.69. The molecule has 1 amide bonds.